The molecule has 1 saturated heterocycles. The average Bonchev–Trinajstić information content (AvgIpc) is 3.01. The first-order chi connectivity index (χ1) is 20.6. The number of allylic oxidation sites excluding steroid dienone is 5. The van der Waals surface area contributed by atoms with Crippen LogP contribution in [0.4, 0.5) is 0 Å². The molecule has 1 aliphatic carbocycles. The van der Waals surface area contributed by atoms with E-state index < -0.39 is 0 Å². The van der Waals surface area contributed by atoms with Crippen molar-refractivity contribution >= 4 is 41.5 Å². The molecule has 2 aliphatic rings. The fourth-order valence-corrected chi connectivity index (χ4v) is 5.76. The van der Waals surface area contributed by atoms with Crippen molar-refractivity contribution in [2.24, 2.45) is 17.4 Å². The number of aldehydes is 1. The molecule has 0 bridgehead atoms. The number of primary amides is 1. The molecule has 246 valence electrons. The molecular formula is C33H58ClN5O3S. The predicted molar refractivity (Wildman–Crippen MR) is 184 cm³/mol. The number of likely N-dealkylation sites (tertiary alicyclic amines) is 1. The minimum absolute atomic E-state index is 0.0970. The van der Waals surface area contributed by atoms with Gasteiger partial charge in [-0.15, -0.1) is 0 Å². The Labute approximate surface area is 270 Å². The van der Waals surface area contributed by atoms with Crippen molar-refractivity contribution < 1.29 is 14.4 Å². The lowest BCUT2D eigenvalue weighted by Crippen LogP contribution is -2.46. The molecule has 1 heterocycles. The molecule has 0 aromatic rings. The number of carbonyl (C=O) groups is 3. The summed E-state index contributed by atoms with van der Waals surface area (Å²) in [5.41, 5.74) is 11.3. The molecule has 1 unspecified atom stereocenters. The summed E-state index contributed by atoms with van der Waals surface area (Å²) in [5, 5.41) is 7.22. The van der Waals surface area contributed by atoms with Gasteiger partial charge in [0.25, 0.3) is 0 Å². The average molecular weight is 640 g/mol. The van der Waals surface area contributed by atoms with Gasteiger partial charge in [0.15, 0.2) is 0 Å². The lowest BCUT2D eigenvalue weighted by molar-refractivity contribution is -0.122. The van der Waals surface area contributed by atoms with E-state index in [-0.39, 0.29) is 17.9 Å². The second kappa shape index (κ2) is 26.3. The molecule has 1 atom stereocenters. The largest absolute Gasteiger partial charge is 0.401 e. The summed E-state index contributed by atoms with van der Waals surface area (Å²) >= 11 is 7.64. The van der Waals surface area contributed by atoms with Crippen molar-refractivity contribution in [3.05, 3.63) is 45.3 Å². The van der Waals surface area contributed by atoms with Gasteiger partial charge in [-0.25, -0.2) is 0 Å². The smallest absolute Gasteiger partial charge is 0.220 e. The quantitative estimate of drug-likeness (QED) is 0.0963. The van der Waals surface area contributed by atoms with Gasteiger partial charge in [-0.2, -0.15) is 0 Å². The standard InChI is InChI=1S/C21H36ClN3OS.C9H15NO.C3H7NO/c1-5-18(22)13-20(16(3)23)27-15(2)11-12-21(26)25-19(14-24-4)17-9-7-6-8-10-17;11-9-5-4-8-10-6-2-1-3-7-10;1-2-3(4)5/h13,17,19,24H,2,5-12,14,23H2,1,3-4H3,(H,25,26);4-5,9H,1-3,6-8H2;2H2,1H3,(H2,4,5)/b18-13+,20-16-;5-4+;. The molecule has 10 heteroatoms. The van der Waals surface area contributed by atoms with E-state index in [1.54, 1.807) is 13.0 Å². The number of halogens is 1. The third-order valence-electron chi connectivity index (χ3n) is 7.26. The van der Waals surface area contributed by atoms with Crippen LogP contribution >= 0.6 is 23.4 Å². The molecular weight excluding hydrogens is 582 g/mol. The molecule has 0 radical (unpaired) electrons. The van der Waals surface area contributed by atoms with Crippen molar-refractivity contribution in [1.82, 2.24) is 15.5 Å². The second-order valence-corrected chi connectivity index (χ2v) is 12.7. The minimum atomic E-state index is -0.245. The maximum atomic E-state index is 12.5. The third-order valence-corrected chi connectivity index (χ3v) is 8.79. The molecule has 0 spiro atoms. The summed E-state index contributed by atoms with van der Waals surface area (Å²) in [6, 6.07) is 0.219. The predicted octanol–water partition coefficient (Wildman–Crippen LogP) is 6.13. The number of amides is 2. The molecule has 43 heavy (non-hydrogen) atoms. The van der Waals surface area contributed by atoms with E-state index in [2.05, 4.69) is 27.8 Å². The number of thioether (sulfide) groups is 1. The first-order valence-electron chi connectivity index (χ1n) is 15.8. The van der Waals surface area contributed by atoms with Crippen LogP contribution in [0.15, 0.2) is 45.3 Å². The Hall–Kier alpha value is -2.07. The van der Waals surface area contributed by atoms with Crippen LogP contribution in [0.5, 0.6) is 0 Å². The summed E-state index contributed by atoms with van der Waals surface area (Å²) in [7, 11) is 1.94. The Bertz CT molecular complexity index is 906. The molecule has 2 rings (SSSR count). The minimum Gasteiger partial charge on any atom is -0.401 e. The van der Waals surface area contributed by atoms with E-state index in [4.69, 9.17) is 17.3 Å². The highest BCUT2D eigenvalue weighted by Crippen LogP contribution is 2.31. The highest BCUT2D eigenvalue weighted by molar-refractivity contribution is 8.06. The van der Waals surface area contributed by atoms with Crippen molar-refractivity contribution in [2.45, 2.75) is 104 Å². The molecule has 0 aromatic heterocycles. The molecule has 1 aliphatic heterocycles. The van der Waals surface area contributed by atoms with Crippen molar-refractivity contribution in [1.29, 1.82) is 0 Å². The number of piperidine rings is 1. The number of nitrogens with one attached hydrogen (secondary N) is 2. The van der Waals surface area contributed by atoms with Crippen LogP contribution < -0.4 is 22.1 Å². The van der Waals surface area contributed by atoms with Crippen LogP contribution in [0.1, 0.15) is 97.8 Å². The number of likely N-dealkylation sites (N-methyl/N-ethyl adjacent to an activating group) is 1. The molecule has 8 nitrogen and oxygen atoms in total. The first-order valence-corrected chi connectivity index (χ1v) is 17.0. The third kappa shape index (κ3) is 22.1. The maximum Gasteiger partial charge on any atom is 0.220 e. The van der Waals surface area contributed by atoms with Gasteiger partial charge in [0.05, 0.1) is 0 Å². The fraction of sp³-hybridized carbons (Fsp3) is 0.667. The van der Waals surface area contributed by atoms with E-state index in [9.17, 15) is 14.4 Å². The topological polar surface area (TPSA) is 131 Å². The Morgan fingerprint density at radius 1 is 1.05 bits per heavy atom. The number of nitrogens with zero attached hydrogens (tertiary/aromatic N) is 1. The van der Waals surface area contributed by atoms with Crippen LogP contribution in [-0.4, -0.2) is 62.3 Å². The summed E-state index contributed by atoms with van der Waals surface area (Å²) in [4.78, 5) is 36.2. The molecule has 6 N–H and O–H groups in total. The molecule has 0 aromatic carbocycles. The normalized spacial score (nSPS) is 17.5. The van der Waals surface area contributed by atoms with Crippen molar-refractivity contribution in [3.63, 3.8) is 0 Å². The van der Waals surface area contributed by atoms with E-state index in [1.807, 2.05) is 33.0 Å². The van der Waals surface area contributed by atoms with Crippen LogP contribution in [0.2, 0.25) is 0 Å². The Balaban J connectivity index is 0.000000897. The lowest BCUT2D eigenvalue weighted by Gasteiger charge is -2.31. The zero-order valence-electron chi connectivity index (χ0n) is 27.1. The van der Waals surface area contributed by atoms with E-state index in [0.717, 1.165) is 40.6 Å². The van der Waals surface area contributed by atoms with Gasteiger partial charge >= 0.3 is 0 Å². The van der Waals surface area contributed by atoms with E-state index in [0.29, 0.717) is 30.9 Å². The zero-order chi connectivity index (χ0) is 32.5. The molecule has 2 fully saturated rings. The van der Waals surface area contributed by atoms with Gasteiger partial charge in [0.1, 0.15) is 6.29 Å². The summed E-state index contributed by atoms with van der Waals surface area (Å²) in [5.74, 6) is 0.438. The van der Waals surface area contributed by atoms with Crippen LogP contribution in [0.3, 0.4) is 0 Å². The van der Waals surface area contributed by atoms with Gasteiger partial charge in [-0.05, 0) is 88.6 Å². The van der Waals surface area contributed by atoms with Gasteiger partial charge in [0, 0.05) is 47.6 Å². The molecule has 2 amide bonds. The number of rotatable bonds is 15. The second-order valence-electron chi connectivity index (χ2n) is 11.0. The Morgan fingerprint density at radius 2 is 1.65 bits per heavy atom. The SMILES string of the molecule is C=C(CCC(=O)NC(CNC)C1CCCCC1)SC(/C=C(/Cl)CC)=C(/C)N.CCC(N)=O.O=C/C=C/CN1CCCCC1. The number of hydrogen-bond acceptors (Lipinski definition) is 7. The van der Waals surface area contributed by atoms with Crippen molar-refractivity contribution in [3.8, 4) is 0 Å². The zero-order valence-corrected chi connectivity index (χ0v) is 28.7. The monoisotopic (exact) mass is 639 g/mol. The van der Waals surface area contributed by atoms with Gasteiger partial charge in [-0.1, -0.05) is 75.5 Å². The lowest BCUT2D eigenvalue weighted by atomic mass is 9.83. The highest BCUT2D eigenvalue weighted by atomic mass is 35.5. The summed E-state index contributed by atoms with van der Waals surface area (Å²) in [6.07, 6.45) is 18.8. The van der Waals surface area contributed by atoms with Gasteiger partial charge < -0.3 is 22.1 Å². The molecule has 1 saturated carbocycles. The number of nitrogens with two attached hydrogens (primary N) is 2. The van der Waals surface area contributed by atoms with E-state index >= 15 is 0 Å². The fourth-order valence-electron chi connectivity index (χ4n) is 4.71. The van der Waals surface area contributed by atoms with Gasteiger partial charge in [-0.3, -0.25) is 19.3 Å². The number of carbonyl (C=O) groups excluding carboxylic acids is 3. The first kappa shape index (κ1) is 40.9. The highest BCUT2D eigenvalue weighted by Gasteiger charge is 2.24. The Morgan fingerprint density at radius 3 is 2.16 bits per heavy atom. The van der Waals surface area contributed by atoms with Crippen LogP contribution in [0.25, 0.3) is 0 Å². The summed E-state index contributed by atoms with van der Waals surface area (Å²) in [6.45, 7) is 13.8. The van der Waals surface area contributed by atoms with Crippen LogP contribution in [-0.2, 0) is 14.4 Å². The Kier molecular flexibility index (Phi) is 25.1. The van der Waals surface area contributed by atoms with E-state index in [1.165, 1.54) is 76.2 Å². The number of hydrogen-bond donors (Lipinski definition) is 4. The van der Waals surface area contributed by atoms with Gasteiger partial charge in [0.2, 0.25) is 11.8 Å². The summed E-state index contributed by atoms with van der Waals surface area (Å²) < 4.78 is 0. The van der Waals surface area contributed by atoms with Crippen molar-refractivity contribution in [2.75, 3.05) is 33.2 Å². The maximum absolute atomic E-state index is 12.5. The van der Waals surface area contributed by atoms with Crippen LogP contribution in [0, 0.1) is 5.92 Å².